The van der Waals surface area contributed by atoms with E-state index in [1.54, 1.807) is 12.1 Å². The van der Waals surface area contributed by atoms with Crippen LogP contribution in [0, 0.1) is 17.7 Å². The number of hydrogen-bond acceptors (Lipinski definition) is 3. The quantitative estimate of drug-likeness (QED) is 0.202. The molecule has 4 aromatic rings. The van der Waals surface area contributed by atoms with Crippen LogP contribution in [0.3, 0.4) is 0 Å². The standard InChI is InChI=1S/C44H39BFN3/c1-30-14-9-11-20-38(30)47(35-26-24-32(46)25-27-35)36-28-31(2)43-42(29-36)49(34-17-7-4-8-18-34)41-23-13-22-40-44(41)45(43)37-19-10-12-21-39(37)48(40)33-15-5-3-6-16-33/h3-7,9-17,19-27,29-31,38H,8,18,28H2,1-2H3. The molecule has 0 N–H and O–H groups in total. The zero-order valence-electron chi connectivity index (χ0n) is 28.0. The molecule has 0 amide bonds. The molecule has 0 spiro atoms. The average molecular weight is 640 g/mol. The highest BCUT2D eigenvalue weighted by molar-refractivity contribution is 6.95. The Kier molecular flexibility index (Phi) is 7.30. The van der Waals surface area contributed by atoms with Gasteiger partial charge in [-0.25, -0.2) is 4.39 Å². The Balaban J connectivity index is 1.30. The zero-order chi connectivity index (χ0) is 33.1. The Morgan fingerprint density at radius 1 is 0.755 bits per heavy atom. The van der Waals surface area contributed by atoms with E-state index in [4.69, 9.17) is 0 Å². The number of benzene rings is 4. The highest BCUT2D eigenvalue weighted by atomic mass is 19.1. The molecule has 3 aliphatic carbocycles. The molecule has 2 aliphatic heterocycles. The molecule has 2 heterocycles. The maximum atomic E-state index is 14.3. The maximum Gasteiger partial charge on any atom is 0.247 e. The fourth-order valence-corrected chi connectivity index (χ4v) is 8.77. The number of allylic oxidation sites excluding steroid dienone is 9. The van der Waals surface area contributed by atoms with Gasteiger partial charge in [-0.15, -0.1) is 0 Å². The SMILES string of the molecule is CC1CC(N(c2ccc(F)cc2)C2C=CC=CC2C)=CC2=C1B1c3ccccc3N(c3ccccc3)c3cccc(c31)N2C1=CC=CCC1. The first-order valence-corrected chi connectivity index (χ1v) is 17.7. The van der Waals surface area contributed by atoms with E-state index in [0.717, 1.165) is 24.9 Å². The van der Waals surface area contributed by atoms with Crippen molar-refractivity contribution in [1.82, 2.24) is 0 Å². The van der Waals surface area contributed by atoms with Gasteiger partial charge in [-0.1, -0.05) is 98.2 Å². The van der Waals surface area contributed by atoms with Crippen LogP contribution in [0.5, 0.6) is 0 Å². The van der Waals surface area contributed by atoms with Gasteiger partial charge in [0.2, 0.25) is 6.71 Å². The molecule has 3 unspecified atom stereocenters. The monoisotopic (exact) mass is 639 g/mol. The molecule has 0 bridgehead atoms. The molecule has 49 heavy (non-hydrogen) atoms. The van der Waals surface area contributed by atoms with E-state index in [9.17, 15) is 4.39 Å². The maximum absolute atomic E-state index is 14.3. The van der Waals surface area contributed by atoms with Crippen LogP contribution in [0.2, 0.25) is 0 Å². The van der Waals surface area contributed by atoms with Crippen LogP contribution in [-0.4, -0.2) is 12.8 Å². The Labute approximate surface area is 289 Å². The van der Waals surface area contributed by atoms with Crippen LogP contribution < -0.4 is 25.6 Å². The van der Waals surface area contributed by atoms with Gasteiger partial charge in [0.15, 0.2) is 0 Å². The molecule has 0 aromatic heterocycles. The molecule has 0 saturated heterocycles. The largest absolute Gasteiger partial charge is 0.338 e. The summed E-state index contributed by atoms with van der Waals surface area (Å²) < 4.78 is 14.3. The second-order valence-electron chi connectivity index (χ2n) is 13.9. The molecular formula is C44H39BFN3. The summed E-state index contributed by atoms with van der Waals surface area (Å²) in [5, 5.41) is 0. The van der Waals surface area contributed by atoms with Crippen molar-refractivity contribution in [2.45, 2.75) is 39.2 Å². The first-order chi connectivity index (χ1) is 24.1. The van der Waals surface area contributed by atoms with Gasteiger partial charge in [-0.05, 0) is 109 Å². The molecule has 0 fully saturated rings. The molecule has 5 heteroatoms. The lowest BCUT2D eigenvalue weighted by atomic mass is 9.31. The Morgan fingerprint density at radius 2 is 1.49 bits per heavy atom. The third-order valence-electron chi connectivity index (χ3n) is 10.9. The van der Waals surface area contributed by atoms with Crippen molar-refractivity contribution in [2.75, 3.05) is 14.7 Å². The number of rotatable bonds is 5. The predicted molar refractivity (Wildman–Crippen MR) is 204 cm³/mol. The Morgan fingerprint density at radius 3 is 2.27 bits per heavy atom. The van der Waals surface area contributed by atoms with Gasteiger partial charge in [0, 0.05) is 45.5 Å². The summed E-state index contributed by atoms with van der Waals surface area (Å²) in [6, 6.07) is 33.8. The predicted octanol–water partition coefficient (Wildman–Crippen LogP) is 9.63. The fourth-order valence-electron chi connectivity index (χ4n) is 8.77. The van der Waals surface area contributed by atoms with Crippen molar-refractivity contribution >= 4 is 46.1 Å². The van der Waals surface area contributed by atoms with Gasteiger partial charge < -0.3 is 14.7 Å². The van der Waals surface area contributed by atoms with Crippen molar-refractivity contribution in [3.63, 3.8) is 0 Å². The van der Waals surface area contributed by atoms with E-state index in [0.29, 0.717) is 5.92 Å². The molecule has 9 rings (SSSR count). The van der Waals surface area contributed by atoms with Gasteiger partial charge >= 0.3 is 0 Å². The van der Waals surface area contributed by atoms with Gasteiger partial charge in [-0.3, -0.25) is 0 Å². The summed E-state index contributed by atoms with van der Waals surface area (Å²) in [7, 11) is 0. The van der Waals surface area contributed by atoms with E-state index in [-0.39, 0.29) is 24.5 Å². The van der Waals surface area contributed by atoms with Crippen molar-refractivity contribution < 1.29 is 4.39 Å². The van der Waals surface area contributed by atoms with Crippen LogP contribution in [0.4, 0.5) is 32.8 Å². The molecular weight excluding hydrogens is 600 g/mol. The highest BCUT2D eigenvalue weighted by Gasteiger charge is 2.47. The minimum absolute atomic E-state index is 0.124. The molecule has 0 radical (unpaired) electrons. The number of hydrogen-bond donors (Lipinski definition) is 0. The fraction of sp³-hybridized carbons (Fsp3) is 0.182. The summed E-state index contributed by atoms with van der Waals surface area (Å²) in [6.45, 7) is 4.83. The molecule has 0 saturated carbocycles. The first-order valence-electron chi connectivity index (χ1n) is 17.7. The topological polar surface area (TPSA) is 9.72 Å². The lowest BCUT2D eigenvalue weighted by Gasteiger charge is -2.49. The normalized spacial score (nSPS) is 21.9. The van der Waals surface area contributed by atoms with Gasteiger partial charge in [0.05, 0.1) is 6.04 Å². The first kappa shape index (κ1) is 29.8. The molecule has 4 aromatic carbocycles. The van der Waals surface area contributed by atoms with Crippen molar-refractivity contribution in [3.05, 3.63) is 174 Å². The van der Waals surface area contributed by atoms with E-state index in [2.05, 4.69) is 150 Å². The summed E-state index contributed by atoms with van der Waals surface area (Å²) >= 11 is 0. The van der Waals surface area contributed by atoms with Crippen LogP contribution in [0.15, 0.2) is 168 Å². The average Bonchev–Trinajstić information content (AvgIpc) is 3.14. The Hall–Kier alpha value is -5.29. The minimum atomic E-state index is -0.213. The Bertz CT molecular complexity index is 2120. The lowest BCUT2D eigenvalue weighted by Crippen LogP contribution is -2.58. The third-order valence-corrected chi connectivity index (χ3v) is 10.9. The lowest BCUT2D eigenvalue weighted by molar-refractivity contribution is 0.561. The molecule has 5 aliphatic rings. The number of para-hydroxylation sites is 2. The second-order valence-corrected chi connectivity index (χ2v) is 13.9. The second kappa shape index (κ2) is 12.0. The summed E-state index contributed by atoms with van der Waals surface area (Å²) in [4.78, 5) is 7.50. The highest BCUT2D eigenvalue weighted by Crippen LogP contribution is 2.48. The van der Waals surface area contributed by atoms with Crippen LogP contribution >= 0.6 is 0 Å². The summed E-state index contributed by atoms with van der Waals surface area (Å²) in [6.07, 6.45) is 21.0. The van der Waals surface area contributed by atoms with Gasteiger partial charge in [-0.2, -0.15) is 0 Å². The summed E-state index contributed by atoms with van der Waals surface area (Å²) in [5.74, 6) is 0.351. The molecule has 3 nitrogen and oxygen atoms in total. The van der Waals surface area contributed by atoms with E-state index < -0.39 is 0 Å². The van der Waals surface area contributed by atoms with E-state index in [1.165, 1.54) is 56.2 Å². The third kappa shape index (κ3) is 4.86. The number of halogens is 1. The van der Waals surface area contributed by atoms with E-state index >= 15 is 0 Å². The summed E-state index contributed by atoms with van der Waals surface area (Å²) in [5.41, 5.74) is 14.0. The zero-order valence-corrected chi connectivity index (χ0v) is 28.0. The van der Waals surface area contributed by atoms with Crippen LogP contribution in [-0.2, 0) is 0 Å². The van der Waals surface area contributed by atoms with Crippen LogP contribution in [0.1, 0.15) is 33.1 Å². The smallest absolute Gasteiger partial charge is 0.247 e. The van der Waals surface area contributed by atoms with Crippen LogP contribution in [0.25, 0.3) is 0 Å². The number of anilines is 5. The molecule has 240 valence electrons. The number of nitrogens with zero attached hydrogens (tertiary/aromatic N) is 3. The van der Waals surface area contributed by atoms with Crippen molar-refractivity contribution in [3.8, 4) is 0 Å². The van der Waals surface area contributed by atoms with Crippen molar-refractivity contribution in [2.24, 2.45) is 11.8 Å². The molecule has 3 atom stereocenters. The minimum Gasteiger partial charge on any atom is -0.338 e. The van der Waals surface area contributed by atoms with Crippen molar-refractivity contribution in [1.29, 1.82) is 0 Å². The van der Waals surface area contributed by atoms with Gasteiger partial charge in [0.25, 0.3) is 0 Å². The number of fused-ring (bicyclic) bond motifs is 3. The van der Waals surface area contributed by atoms with Gasteiger partial charge in [0.1, 0.15) is 5.82 Å². The van der Waals surface area contributed by atoms with E-state index in [1.807, 2.05) is 12.1 Å².